The van der Waals surface area contributed by atoms with Crippen molar-refractivity contribution >= 4 is 15.9 Å². The van der Waals surface area contributed by atoms with Crippen molar-refractivity contribution in [3.8, 4) is 0 Å². The lowest BCUT2D eigenvalue weighted by Gasteiger charge is -2.49. The van der Waals surface area contributed by atoms with Crippen LogP contribution in [0.25, 0.3) is 0 Å². The number of likely N-dealkylation sites (tertiary alicyclic amines) is 1. The molecule has 2 aliphatic rings. The quantitative estimate of drug-likeness (QED) is 0.703. The minimum absolute atomic E-state index is 0.0729. The fourth-order valence-corrected chi connectivity index (χ4v) is 5.37. The van der Waals surface area contributed by atoms with Gasteiger partial charge in [0.05, 0.1) is 23.8 Å². The van der Waals surface area contributed by atoms with Gasteiger partial charge in [-0.2, -0.15) is 4.31 Å². The van der Waals surface area contributed by atoms with E-state index in [1.54, 1.807) is 15.5 Å². The number of carbonyl (C=O) groups excluding carboxylic acids is 1. The van der Waals surface area contributed by atoms with Crippen LogP contribution < -0.4 is 0 Å². The van der Waals surface area contributed by atoms with Crippen LogP contribution in [0.5, 0.6) is 0 Å². The van der Waals surface area contributed by atoms with Gasteiger partial charge in [0.15, 0.2) is 0 Å². The molecule has 1 saturated heterocycles. The topological polar surface area (TPSA) is 130 Å². The predicted octanol–water partition coefficient (Wildman–Crippen LogP) is -1.27. The summed E-state index contributed by atoms with van der Waals surface area (Å²) < 4.78 is 27.7. The molecule has 1 spiro atoms. The zero-order chi connectivity index (χ0) is 18.4. The first kappa shape index (κ1) is 17.1. The third-order valence-corrected chi connectivity index (χ3v) is 6.57. The molecule has 0 radical (unpaired) electrons. The molecular formula is C14H20N8O3S. The van der Waals surface area contributed by atoms with Crippen LogP contribution >= 0.6 is 0 Å². The molecule has 2 aromatic heterocycles. The van der Waals surface area contributed by atoms with Gasteiger partial charge in [-0.05, 0) is 23.3 Å². The number of rotatable bonds is 3. The molecule has 12 heteroatoms. The first-order chi connectivity index (χ1) is 12.4. The van der Waals surface area contributed by atoms with E-state index in [9.17, 15) is 13.2 Å². The number of hydrogen-bond acceptors (Lipinski definition) is 7. The first-order valence-electron chi connectivity index (χ1n) is 8.39. The summed E-state index contributed by atoms with van der Waals surface area (Å²) >= 11 is 0. The van der Waals surface area contributed by atoms with Gasteiger partial charge in [0.2, 0.25) is 15.9 Å². The Morgan fingerprint density at radius 1 is 1.31 bits per heavy atom. The largest absolute Gasteiger partial charge is 0.348 e. The number of piperidine rings is 1. The van der Waals surface area contributed by atoms with E-state index in [-0.39, 0.29) is 12.5 Å². The molecule has 1 N–H and O–H groups in total. The number of aromatic nitrogens is 6. The highest BCUT2D eigenvalue weighted by molar-refractivity contribution is 7.88. The van der Waals surface area contributed by atoms with E-state index in [4.69, 9.17) is 0 Å². The zero-order valence-corrected chi connectivity index (χ0v) is 15.2. The molecule has 4 rings (SSSR count). The number of amides is 1. The number of nitrogens with zero attached hydrogens (tertiary/aromatic N) is 7. The van der Waals surface area contributed by atoms with E-state index >= 15 is 0 Å². The highest BCUT2D eigenvalue weighted by Gasteiger charge is 2.50. The van der Waals surface area contributed by atoms with Crippen molar-refractivity contribution in [1.82, 2.24) is 39.4 Å². The zero-order valence-electron chi connectivity index (χ0n) is 14.4. The first-order valence-corrected chi connectivity index (χ1v) is 10.2. The molecular weight excluding hydrogens is 360 g/mol. The Hall–Kier alpha value is -2.34. The van der Waals surface area contributed by atoms with Crippen molar-refractivity contribution in [2.24, 2.45) is 0 Å². The van der Waals surface area contributed by atoms with Crippen LogP contribution in [0.15, 0.2) is 12.7 Å². The average Bonchev–Trinajstić information content (AvgIpc) is 3.26. The number of tetrazole rings is 1. The second-order valence-electron chi connectivity index (χ2n) is 6.73. The van der Waals surface area contributed by atoms with Crippen molar-refractivity contribution < 1.29 is 13.2 Å². The van der Waals surface area contributed by atoms with Crippen molar-refractivity contribution in [3.63, 3.8) is 0 Å². The average molecular weight is 380 g/mol. The monoisotopic (exact) mass is 380 g/mol. The number of hydrogen-bond donors (Lipinski definition) is 1. The van der Waals surface area contributed by atoms with Gasteiger partial charge in [-0.3, -0.25) is 4.79 Å². The Kier molecular flexibility index (Phi) is 4.03. The Morgan fingerprint density at radius 2 is 2.08 bits per heavy atom. The molecule has 11 nitrogen and oxygen atoms in total. The van der Waals surface area contributed by atoms with E-state index in [0.717, 1.165) is 11.4 Å². The van der Waals surface area contributed by atoms with E-state index in [2.05, 4.69) is 25.5 Å². The van der Waals surface area contributed by atoms with Crippen LogP contribution in [0.4, 0.5) is 0 Å². The standard InChI is InChI=1S/C14H20N8O3S/c1-26(24,25)22-5-2-11-13(16-9-15-11)14(22)3-6-20(7-4-14)12(23)8-21-10-17-18-19-21/h9-10H,2-8H2,1H3,(H,15,16). The van der Waals surface area contributed by atoms with Gasteiger partial charge in [-0.25, -0.2) is 18.1 Å². The van der Waals surface area contributed by atoms with Gasteiger partial charge < -0.3 is 9.88 Å². The van der Waals surface area contributed by atoms with Crippen molar-refractivity contribution in [1.29, 1.82) is 0 Å². The lowest BCUT2D eigenvalue weighted by atomic mass is 9.80. The summed E-state index contributed by atoms with van der Waals surface area (Å²) in [6, 6.07) is 0. The minimum atomic E-state index is -3.39. The maximum atomic E-state index is 12.5. The summed E-state index contributed by atoms with van der Waals surface area (Å²) in [5.41, 5.74) is 1.09. The molecule has 2 aliphatic heterocycles. The highest BCUT2D eigenvalue weighted by Crippen LogP contribution is 2.43. The van der Waals surface area contributed by atoms with Crippen LogP contribution in [-0.4, -0.2) is 79.6 Å². The van der Waals surface area contributed by atoms with Gasteiger partial charge in [0.1, 0.15) is 12.9 Å². The lowest BCUT2D eigenvalue weighted by Crippen LogP contribution is -2.58. The second-order valence-corrected chi connectivity index (χ2v) is 8.64. The molecule has 0 bridgehead atoms. The number of nitrogens with one attached hydrogen (secondary N) is 1. The number of sulfonamides is 1. The van der Waals surface area contributed by atoms with Gasteiger partial charge in [-0.1, -0.05) is 0 Å². The summed E-state index contributed by atoms with van der Waals surface area (Å²) in [5.74, 6) is -0.0869. The summed E-state index contributed by atoms with van der Waals surface area (Å²) in [7, 11) is -3.39. The molecule has 1 amide bonds. The van der Waals surface area contributed by atoms with E-state index in [1.165, 1.54) is 17.3 Å². The summed E-state index contributed by atoms with van der Waals surface area (Å²) in [4.78, 5) is 21.8. The number of H-pyrrole nitrogens is 1. The SMILES string of the molecule is CS(=O)(=O)N1CCc2[nH]cnc2C12CCN(C(=O)Cn1cnnn1)CC2. The molecule has 0 saturated carbocycles. The Labute approximate surface area is 150 Å². The third kappa shape index (κ3) is 2.78. The molecule has 26 heavy (non-hydrogen) atoms. The van der Waals surface area contributed by atoms with E-state index in [0.29, 0.717) is 38.9 Å². The number of imidazole rings is 1. The Morgan fingerprint density at radius 3 is 2.73 bits per heavy atom. The van der Waals surface area contributed by atoms with Crippen molar-refractivity contribution in [2.75, 3.05) is 25.9 Å². The molecule has 1 fully saturated rings. The molecule has 2 aromatic rings. The van der Waals surface area contributed by atoms with E-state index < -0.39 is 15.6 Å². The maximum Gasteiger partial charge on any atom is 0.244 e. The normalized spacial score (nSPS) is 20.3. The summed E-state index contributed by atoms with van der Waals surface area (Å²) in [6.07, 6.45) is 5.89. The van der Waals surface area contributed by atoms with Crippen LogP contribution in [0.1, 0.15) is 24.2 Å². The Bertz CT molecular complexity index is 899. The fraction of sp³-hybridized carbons (Fsp3) is 0.643. The highest BCUT2D eigenvalue weighted by atomic mass is 32.2. The van der Waals surface area contributed by atoms with E-state index in [1.807, 2.05) is 0 Å². The number of carbonyl (C=O) groups is 1. The van der Waals surface area contributed by atoms with Gasteiger partial charge >= 0.3 is 0 Å². The fourth-order valence-electron chi connectivity index (χ4n) is 4.04. The smallest absolute Gasteiger partial charge is 0.244 e. The van der Waals surface area contributed by atoms with Crippen LogP contribution in [-0.2, 0) is 33.3 Å². The third-order valence-electron chi connectivity index (χ3n) is 5.23. The summed E-state index contributed by atoms with van der Waals surface area (Å²) in [6.45, 7) is 1.41. The lowest BCUT2D eigenvalue weighted by molar-refractivity contribution is -0.134. The van der Waals surface area contributed by atoms with Crippen LogP contribution in [0.2, 0.25) is 0 Å². The van der Waals surface area contributed by atoms with Crippen LogP contribution in [0, 0.1) is 0 Å². The molecule has 140 valence electrons. The van der Waals surface area contributed by atoms with Gasteiger partial charge in [-0.15, -0.1) is 5.10 Å². The molecule has 4 heterocycles. The molecule has 0 aliphatic carbocycles. The summed E-state index contributed by atoms with van der Waals surface area (Å²) in [5, 5.41) is 10.8. The van der Waals surface area contributed by atoms with Gasteiger partial charge in [0, 0.05) is 31.7 Å². The van der Waals surface area contributed by atoms with Crippen molar-refractivity contribution in [2.45, 2.75) is 31.3 Å². The molecule has 0 unspecified atom stereocenters. The molecule has 0 aromatic carbocycles. The van der Waals surface area contributed by atoms with Gasteiger partial charge in [0.25, 0.3) is 0 Å². The van der Waals surface area contributed by atoms with Crippen molar-refractivity contribution in [3.05, 3.63) is 24.0 Å². The molecule has 0 atom stereocenters. The Balaban J connectivity index is 1.56. The number of aromatic amines is 1. The second kappa shape index (κ2) is 6.13. The maximum absolute atomic E-state index is 12.5. The van der Waals surface area contributed by atoms with Crippen LogP contribution in [0.3, 0.4) is 0 Å². The minimum Gasteiger partial charge on any atom is -0.348 e. The predicted molar refractivity (Wildman–Crippen MR) is 89.2 cm³/mol. The number of fused-ring (bicyclic) bond motifs is 2.